The number of H-pyrrole nitrogens is 1. The zero-order valence-electron chi connectivity index (χ0n) is 11.7. The van der Waals surface area contributed by atoms with Crippen LogP contribution in [0.15, 0.2) is 18.3 Å². The fraction of sp³-hybridized carbons (Fsp3) is 0.533. The molecule has 0 atom stereocenters. The van der Waals surface area contributed by atoms with Gasteiger partial charge in [0.15, 0.2) is 0 Å². The fourth-order valence-electron chi connectivity index (χ4n) is 2.23. The first-order valence-electron chi connectivity index (χ1n) is 6.18. The van der Waals surface area contributed by atoms with Gasteiger partial charge in [-0.05, 0) is 34.1 Å². The van der Waals surface area contributed by atoms with Crippen molar-refractivity contribution in [2.45, 2.75) is 52.4 Å². The molecule has 92 valence electrons. The summed E-state index contributed by atoms with van der Waals surface area (Å²) in [5.41, 5.74) is 4.26. The zero-order chi connectivity index (χ0) is 12.8. The van der Waals surface area contributed by atoms with E-state index < -0.39 is 0 Å². The van der Waals surface area contributed by atoms with E-state index in [0.29, 0.717) is 0 Å². The maximum atomic E-state index is 4.12. The molecule has 0 aliphatic heterocycles. The minimum absolute atomic E-state index is 0.155. The summed E-state index contributed by atoms with van der Waals surface area (Å²) in [5, 5.41) is 8.38. The Balaban J connectivity index is 2.78. The van der Waals surface area contributed by atoms with Gasteiger partial charge in [0, 0.05) is 5.39 Å². The van der Waals surface area contributed by atoms with Crippen LogP contribution in [0.5, 0.6) is 0 Å². The lowest BCUT2D eigenvalue weighted by atomic mass is 9.75. The third-order valence-electron chi connectivity index (χ3n) is 3.19. The Hall–Kier alpha value is -1.31. The molecule has 0 unspecified atom stereocenters. The van der Waals surface area contributed by atoms with Crippen LogP contribution >= 0.6 is 0 Å². The predicted molar refractivity (Wildman–Crippen MR) is 73.5 cm³/mol. The van der Waals surface area contributed by atoms with Crippen LogP contribution in [0, 0.1) is 0 Å². The molecule has 2 aromatic rings. The van der Waals surface area contributed by atoms with E-state index in [2.05, 4.69) is 63.9 Å². The average molecular weight is 230 g/mol. The molecule has 0 spiro atoms. The molecule has 1 aromatic carbocycles. The largest absolute Gasteiger partial charge is 0.278 e. The van der Waals surface area contributed by atoms with Crippen molar-refractivity contribution in [2.24, 2.45) is 0 Å². The number of hydrogen-bond acceptors (Lipinski definition) is 1. The molecule has 0 amide bonds. The predicted octanol–water partition coefficient (Wildman–Crippen LogP) is 4.16. The number of fused-ring (bicyclic) bond motifs is 1. The van der Waals surface area contributed by atoms with Gasteiger partial charge in [0.1, 0.15) is 0 Å². The van der Waals surface area contributed by atoms with E-state index in [1.54, 1.807) is 0 Å². The van der Waals surface area contributed by atoms with Crippen LogP contribution in [0.2, 0.25) is 0 Å². The first-order chi connectivity index (χ1) is 7.69. The lowest BCUT2D eigenvalue weighted by Gasteiger charge is -2.30. The van der Waals surface area contributed by atoms with Crippen molar-refractivity contribution in [3.63, 3.8) is 0 Å². The second kappa shape index (κ2) is 3.59. The van der Waals surface area contributed by atoms with Crippen LogP contribution in [0.1, 0.15) is 52.7 Å². The first kappa shape index (κ1) is 12.2. The highest BCUT2D eigenvalue weighted by Gasteiger charge is 2.25. The van der Waals surface area contributed by atoms with E-state index in [4.69, 9.17) is 0 Å². The number of nitrogens with zero attached hydrogens (tertiary/aromatic N) is 1. The van der Waals surface area contributed by atoms with Gasteiger partial charge in [0.2, 0.25) is 0 Å². The standard InChI is InChI=1S/C15H22N2/c1-14(2,3)11-7-10-9-16-17-13(10)8-12(11)15(4,5)6/h7-9H,1-6H3,(H,16,17). The van der Waals surface area contributed by atoms with Crippen molar-refractivity contribution in [3.8, 4) is 0 Å². The monoisotopic (exact) mass is 230 g/mol. The number of hydrogen-bond donors (Lipinski definition) is 1. The molecular formula is C15H22N2. The van der Waals surface area contributed by atoms with E-state index >= 15 is 0 Å². The van der Waals surface area contributed by atoms with E-state index in [1.807, 2.05) is 6.20 Å². The van der Waals surface area contributed by atoms with Gasteiger partial charge < -0.3 is 0 Å². The van der Waals surface area contributed by atoms with Gasteiger partial charge in [-0.3, -0.25) is 5.10 Å². The number of aromatic nitrogens is 2. The lowest BCUT2D eigenvalue weighted by Crippen LogP contribution is -2.21. The molecule has 0 aliphatic carbocycles. The zero-order valence-corrected chi connectivity index (χ0v) is 11.7. The summed E-state index contributed by atoms with van der Waals surface area (Å²) in [4.78, 5) is 0. The molecule has 0 saturated carbocycles. The summed E-state index contributed by atoms with van der Waals surface area (Å²) in [6, 6.07) is 4.53. The van der Waals surface area contributed by atoms with Gasteiger partial charge in [-0.15, -0.1) is 0 Å². The van der Waals surface area contributed by atoms with Crippen LogP contribution in [0.25, 0.3) is 10.9 Å². The molecule has 1 heterocycles. The second-order valence-electron chi connectivity index (χ2n) is 6.86. The van der Waals surface area contributed by atoms with E-state index in [1.165, 1.54) is 16.5 Å². The summed E-state index contributed by atoms with van der Waals surface area (Å²) in [7, 11) is 0. The SMILES string of the molecule is CC(C)(C)c1cc2cn[nH]c2cc1C(C)(C)C. The quantitative estimate of drug-likeness (QED) is 0.723. The molecule has 0 aliphatic rings. The summed E-state index contributed by atoms with van der Waals surface area (Å²) in [6.07, 6.45) is 1.90. The molecule has 0 fully saturated rings. The Morgan fingerprint density at radius 3 is 1.94 bits per heavy atom. The number of rotatable bonds is 0. The van der Waals surface area contributed by atoms with Gasteiger partial charge in [-0.1, -0.05) is 41.5 Å². The number of aromatic amines is 1. The highest BCUT2D eigenvalue weighted by atomic mass is 15.1. The highest BCUT2D eigenvalue weighted by Crippen LogP contribution is 2.36. The Bertz CT molecular complexity index is 488. The summed E-state index contributed by atoms with van der Waals surface area (Å²) in [6.45, 7) is 13.6. The second-order valence-corrected chi connectivity index (χ2v) is 6.86. The van der Waals surface area contributed by atoms with Crippen molar-refractivity contribution < 1.29 is 0 Å². The molecule has 0 bridgehead atoms. The van der Waals surface area contributed by atoms with E-state index in [-0.39, 0.29) is 10.8 Å². The fourth-order valence-corrected chi connectivity index (χ4v) is 2.23. The van der Waals surface area contributed by atoms with Crippen molar-refractivity contribution >= 4 is 10.9 Å². The molecule has 2 nitrogen and oxygen atoms in total. The third kappa shape index (κ3) is 2.21. The van der Waals surface area contributed by atoms with Crippen LogP contribution in [0.4, 0.5) is 0 Å². The molecular weight excluding hydrogens is 208 g/mol. The minimum atomic E-state index is 0.155. The Labute approximate surface area is 103 Å². The Morgan fingerprint density at radius 2 is 1.41 bits per heavy atom. The molecule has 0 saturated heterocycles. The minimum Gasteiger partial charge on any atom is -0.278 e. The van der Waals surface area contributed by atoms with Crippen molar-refractivity contribution in [2.75, 3.05) is 0 Å². The van der Waals surface area contributed by atoms with Gasteiger partial charge in [0.25, 0.3) is 0 Å². The van der Waals surface area contributed by atoms with Crippen molar-refractivity contribution in [1.82, 2.24) is 10.2 Å². The summed E-state index contributed by atoms with van der Waals surface area (Å²) >= 11 is 0. The average Bonchev–Trinajstić information content (AvgIpc) is 2.59. The summed E-state index contributed by atoms with van der Waals surface area (Å²) in [5.74, 6) is 0. The Kier molecular flexibility index (Phi) is 2.57. The lowest BCUT2D eigenvalue weighted by molar-refractivity contribution is 0.531. The van der Waals surface area contributed by atoms with Crippen molar-refractivity contribution in [1.29, 1.82) is 0 Å². The molecule has 2 heteroatoms. The van der Waals surface area contributed by atoms with Gasteiger partial charge in [0.05, 0.1) is 11.7 Å². The van der Waals surface area contributed by atoms with Crippen LogP contribution in [0.3, 0.4) is 0 Å². The number of nitrogens with one attached hydrogen (secondary N) is 1. The maximum Gasteiger partial charge on any atom is 0.0653 e. The third-order valence-corrected chi connectivity index (χ3v) is 3.19. The van der Waals surface area contributed by atoms with Gasteiger partial charge >= 0.3 is 0 Å². The van der Waals surface area contributed by atoms with Crippen LogP contribution in [-0.4, -0.2) is 10.2 Å². The Morgan fingerprint density at radius 1 is 0.882 bits per heavy atom. The van der Waals surface area contributed by atoms with Crippen LogP contribution in [-0.2, 0) is 10.8 Å². The highest BCUT2D eigenvalue weighted by molar-refractivity contribution is 5.80. The van der Waals surface area contributed by atoms with Gasteiger partial charge in [-0.25, -0.2) is 0 Å². The molecule has 1 aromatic heterocycles. The van der Waals surface area contributed by atoms with Crippen LogP contribution < -0.4 is 0 Å². The van der Waals surface area contributed by atoms with Gasteiger partial charge in [-0.2, -0.15) is 5.10 Å². The normalized spacial score (nSPS) is 13.3. The van der Waals surface area contributed by atoms with E-state index in [0.717, 1.165) is 5.52 Å². The molecule has 2 rings (SSSR count). The molecule has 17 heavy (non-hydrogen) atoms. The maximum absolute atomic E-state index is 4.12. The molecule has 1 N–H and O–H groups in total. The molecule has 0 radical (unpaired) electrons. The topological polar surface area (TPSA) is 28.7 Å². The summed E-state index contributed by atoms with van der Waals surface area (Å²) < 4.78 is 0. The number of benzene rings is 1. The van der Waals surface area contributed by atoms with Crippen molar-refractivity contribution in [3.05, 3.63) is 29.5 Å². The van der Waals surface area contributed by atoms with E-state index in [9.17, 15) is 0 Å². The smallest absolute Gasteiger partial charge is 0.0653 e. The first-order valence-corrected chi connectivity index (χ1v) is 6.18.